The molecule has 0 aromatic heterocycles. The SMILES string of the molecule is COc1ccc(CC(=O)Nc2ccc(C(=O)NC3CCCC3)cc2)cc1. The topological polar surface area (TPSA) is 67.4 Å². The normalized spacial score (nSPS) is 14.0. The summed E-state index contributed by atoms with van der Waals surface area (Å²) in [6.45, 7) is 0. The third-order valence-electron chi connectivity index (χ3n) is 4.64. The Morgan fingerprint density at radius 3 is 2.27 bits per heavy atom. The van der Waals surface area contributed by atoms with Crippen molar-refractivity contribution < 1.29 is 14.3 Å². The van der Waals surface area contributed by atoms with E-state index in [-0.39, 0.29) is 18.2 Å². The van der Waals surface area contributed by atoms with Gasteiger partial charge in [0.25, 0.3) is 5.91 Å². The van der Waals surface area contributed by atoms with Gasteiger partial charge in [0.05, 0.1) is 13.5 Å². The van der Waals surface area contributed by atoms with Gasteiger partial charge in [-0.2, -0.15) is 0 Å². The molecule has 0 atom stereocenters. The molecule has 0 saturated heterocycles. The fourth-order valence-electron chi connectivity index (χ4n) is 3.18. The summed E-state index contributed by atoms with van der Waals surface area (Å²) in [5.74, 6) is 0.618. The Bertz CT molecular complexity index is 748. The highest BCUT2D eigenvalue weighted by Gasteiger charge is 2.17. The van der Waals surface area contributed by atoms with Crippen LogP contribution in [0, 0.1) is 0 Å². The summed E-state index contributed by atoms with van der Waals surface area (Å²) in [4.78, 5) is 24.4. The maximum Gasteiger partial charge on any atom is 0.251 e. The number of anilines is 1. The first kappa shape index (κ1) is 18.0. The molecule has 5 nitrogen and oxygen atoms in total. The van der Waals surface area contributed by atoms with Gasteiger partial charge in [0.15, 0.2) is 0 Å². The van der Waals surface area contributed by atoms with Gasteiger partial charge in [0.1, 0.15) is 5.75 Å². The zero-order valence-electron chi connectivity index (χ0n) is 15.0. The largest absolute Gasteiger partial charge is 0.497 e. The van der Waals surface area contributed by atoms with Crippen molar-refractivity contribution in [3.8, 4) is 5.75 Å². The Kier molecular flexibility index (Phi) is 5.89. The number of amides is 2. The smallest absolute Gasteiger partial charge is 0.251 e. The van der Waals surface area contributed by atoms with Crippen LogP contribution in [0.15, 0.2) is 48.5 Å². The van der Waals surface area contributed by atoms with Crippen LogP contribution in [-0.4, -0.2) is 25.0 Å². The molecule has 1 aliphatic carbocycles. The Labute approximate surface area is 153 Å². The van der Waals surface area contributed by atoms with Crippen LogP contribution in [0.5, 0.6) is 5.75 Å². The molecule has 2 aromatic rings. The lowest BCUT2D eigenvalue weighted by atomic mass is 10.1. The number of ether oxygens (including phenoxy) is 1. The maximum absolute atomic E-state index is 12.2. The van der Waals surface area contributed by atoms with Crippen molar-refractivity contribution >= 4 is 17.5 Å². The van der Waals surface area contributed by atoms with Gasteiger partial charge in [-0.05, 0) is 54.8 Å². The molecule has 5 heteroatoms. The Balaban J connectivity index is 1.52. The van der Waals surface area contributed by atoms with E-state index >= 15 is 0 Å². The minimum absolute atomic E-state index is 0.0481. The van der Waals surface area contributed by atoms with E-state index in [2.05, 4.69) is 10.6 Å². The van der Waals surface area contributed by atoms with Gasteiger partial charge in [-0.3, -0.25) is 9.59 Å². The van der Waals surface area contributed by atoms with Gasteiger partial charge in [-0.25, -0.2) is 0 Å². The highest BCUT2D eigenvalue weighted by Crippen LogP contribution is 2.18. The van der Waals surface area contributed by atoms with E-state index in [0.717, 1.165) is 24.2 Å². The number of methoxy groups -OCH3 is 1. The summed E-state index contributed by atoms with van der Waals surface area (Å²) in [6.07, 6.45) is 4.78. The second-order valence-corrected chi connectivity index (χ2v) is 6.61. The number of carbonyl (C=O) groups excluding carboxylic acids is 2. The van der Waals surface area contributed by atoms with E-state index in [1.807, 2.05) is 24.3 Å². The van der Waals surface area contributed by atoms with Crippen molar-refractivity contribution in [2.45, 2.75) is 38.1 Å². The highest BCUT2D eigenvalue weighted by atomic mass is 16.5. The number of hydrogen-bond acceptors (Lipinski definition) is 3. The predicted molar refractivity (Wildman–Crippen MR) is 101 cm³/mol. The number of carbonyl (C=O) groups is 2. The lowest BCUT2D eigenvalue weighted by Crippen LogP contribution is -2.32. The summed E-state index contributed by atoms with van der Waals surface area (Å²) < 4.78 is 5.11. The van der Waals surface area contributed by atoms with Crippen molar-refractivity contribution in [3.05, 3.63) is 59.7 Å². The lowest BCUT2D eigenvalue weighted by Gasteiger charge is -2.12. The standard InChI is InChI=1S/C21H24N2O3/c1-26-19-12-6-15(7-13-19)14-20(24)22-18-10-8-16(9-11-18)21(25)23-17-4-2-3-5-17/h6-13,17H,2-5,14H2,1H3,(H,22,24)(H,23,25). The first-order valence-electron chi connectivity index (χ1n) is 8.98. The van der Waals surface area contributed by atoms with Crippen LogP contribution in [0.2, 0.25) is 0 Å². The summed E-state index contributed by atoms with van der Waals surface area (Å²) >= 11 is 0. The molecule has 0 radical (unpaired) electrons. The monoisotopic (exact) mass is 352 g/mol. The Morgan fingerprint density at radius 2 is 1.65 bits per heavy atom. The predicted octanol–water partition coefficient (Wildman–Crippen LogP) is 3.55. The van der Waals surface area contributed by atoms with Crippen LogP contribution >= 0.6 is 0 Å². The van der Waals surface area contributed by atoms with Gasteiger partial charge < -0.3 is 15.4 Å². The molecule has 2 N–H and O–H groups in total. The molecular formula is C21H24N2O3. The summed E-state index contributed by atoms with van der Waals surface area (Å²) in [5.41, 5.74) is 2.21. The molecule has 3 rings (SSSR count). The van der Waals surface area contributed by atoms with E-state index < -0.39 is 0 Å². The van der Waals surface area contributed by atoms with Gasteiger partial charge >= 0.3 is 0 Å². The number of hydrogen-bond donors (Lipinski definition) is 2. The van der Waals surface area contributed by atoms with Gasteiger partial charge in [-0.1, -0.05) is 25.0 Å². The van der Waals surface area contributed by atoms with Crippen LogP contribution in [0.1, 0.15) is 41.6 Å². The van der Waals surface area contributed by atoms with Gasteiger partial charge in [0.2, 0.25) is 5.91 Å². The van der Waals surface area contributed by atoms with Crippen LogP contribution < -0.4 is 15.4 Å². The maximum atomic E-state index is 12.2. The fraction of sp³-hybridized carbons (Fsp3) is 0.333. The average molecular weight is 352 g/mol. The second kappa shape index (κ2) is 8.52. The first-order chi connectivity index (χ1) is 12.6. The van der Waals surface area contributed by atoms with Crippen molar-refractivity contribution in [1.29, 1.82) is 0 Å². The van der Waals surface area contributed by atoms with E-state index in [1.54, 1.807) is 31.4 Å². The Hall–Kier alpha value is -2.82. The molecule has 0 spiro atoms. The summed E-state index contributed by atoms with van der Waals surface area (Å²) in [6, 6.07) is 14.7. The van der Waals surface area contributed by atoms with Crippen molar-refractivity contribution in [2.75, 3.05) is 12.4 Å². The summed E-state index contributed by atoms with van der Waals surface area (Å²) in [5, 5.41) is 5.92. The average Bonchev–Trinajstić information content (AvgIpc) is 3.16. The third-order valence-corrected chi connectivity index (χ3v) is 4.64. The zero-order chi connectivity index (χ0) is 18.4. The first-order valence-corrected chi connectivity index (χ1v) is 8.98. The van der Waals surface area contributed by atoms with Crippen LogP contribution in [0.25, 0.3) is 0 Å². The van der Waals surface area contributed by atoms with E-state index in [1.165, 1.54) is 12.8 Å². The van der Waals surface area contributed by atoms with Crippen LogP contribution in [0.3, 0.4) is 0 Å². The molecule has 0 aliphatic heterocycles. The zero-order valence-corrected chi connectivity index (χ0v) is 15.0. The molecule has 2 aromatic carbocycles. The molecule has 1 fully saturated rings. The molecular weight excluding hydrogens is 328 g/mol. The molecule has 136 valence electrons. The molecule has 0 bridgehead atoms. The number of benzene rings is 2. The Morgan fingerprint density at radius 1 is 1.00 bits per heavy atom. The molecule has 0 unspecified atom stereocenters. The van der Waals surface area contributed by atoms with Crippen molar-refractivity contribution in [2.24, 2.45) is 0 Å². The van der Waals surface area contributed by atoms with Gasteiger partial charge in [0, 0.05) is 17.3 Å². The third kappa shape index (κ3) is 4.85. The van der Waals surface area contributed by atoms with E-state index in [0.29, 0.717) is 17.3 Å². The van der Waals surface area contributed by atoms with Crippen LogP contribution in [-0.2, 0) is 11.2 Å². The molecule has 1 aliphatic rings. The summed E-state index contributed by atoms with van der Waals surface area (Å²) in [7, 11) is 1.61. The molecule has 2 amide bonds. The molecule has 26 heavy (non-hydrogen) atoms. The second-order valence-electron chi connectivity index (χ2n) is 6.61. The minimum atomic E-state index is -0.0988. The molecule has 1 saturated carbocycles. The van der Waals surface area contributed by atoms with E-state index in [9.17, 15) is 9.59 Å². The van der Waals surface area contributed by atoms with Crippen LogP contribution in [0.4, 0.5) is 5.69 Å². The fourth-order valence-corrected chi connectivity index (χ4v) is 3.18. The highest BCUT2D eigenvalue weighted by molar-refractivity contribution is 5.96. The number of nitrogens with one attached hydrogen (secondary N) is 2. The quantitative estimate of drug-likeness (QED) is 0.835. The molecule has 0 heterocycles. The minimum Gasteiger partial charge on any atom is -0.497 e. The number of rotatable bonds is 6. The lowest BCUT2D eigenvalue weighted by molar-refractivity contribution is -0.115. The van der Waals surface area contributed by atoms with Gasteiger partial charge in [-0.15, -0.1) is 0 Å². The van der Waals surface area contributed by atoms with Crippen molar-refractivity contribution in [1.82, 2.24) is 5.32 Å². The van der Waals surface area contributed by atoms with E-state index in [4.69, 9.17) is 4.74 Å². The van der Waals surface area contributed by atoms with Crippen molar-refractivity contribution in [3.63, 3.8) is 0 Å².